The van der Waals surface area contributed by atoms with Gasteiger partial charge in [0.1, 0.15) is 6.61 Å². The third kappa shape index (κ3) is 1.57. The molecular formula is C5H8O4. The first-order chi connectivity index (χ1) is 4.33. The van der Waals surface area contributed by atoms with Crippen molar-refractivity contribution < 1.29 is 19.0 Å². The Labute approximate surface area is 52.7 Å². The summed E-state index contributed by atoms with van der Waals surface area (Å²) >= 11 is 0. The van der Waals surface area contributed by atoms with Crippen molar-refractivity contribution in [3.63, 3.8) is 0 Å². The van der Waals surface area contributed by atoms with Crippen LogP contribution in [0.15, 0.2) is 0 Å². The number of hydrogen-bond donors (Lipinski definition) is 0. The highest BCUT2D eigenvalue weighted by Gasteiger charge is 2.24. The molecule has 0 unspecified atom stereocenters. The molecule has 0 aliphatic carbocycles. The van der Waals surface area contributed by atoms with Gasteiger partial charge in [-0.05, 0) is 0 Å². The summed E-state index contributed by atoms with van der Waals surface area (Å²) in [5.74, 6) is 0. The maximum atomic E-state index is 10.2. The fourth-order valence-electron chi connectivity index (χ4n) is 0.633. The Morgan fingerprint density at radius 1 is 1.89 bits per heavy atom. The highest BCUT2D eigenvalue weighted by atomic mass is 16.8. The number of methoxy groups -OCH3 is 1. The lowest BCUT2D eigenvalue weighted by Crippen LogP contribution is -2.16. The fourth-order valence-corrected chi connectivity index (χ4v) is 0.633. The molecule has 1 fully saturated rings. The molecule has 0 aromatic heterocycles. The van der Waals surface area contributed by atoms with Gasteiger partial charge < -0.3 is 14.2 Å². The van der Waals surface area contributed by atoms with Crippen LogP contribution in [0, 0.1) is 0 Å². The molecular weight excluding hydrogens is 124 g/mol. The fraction of sp³-hybridized carbons (Fsp3) is 0.800. The third-order valence-corrected chi connectivity index (χ3v) is 1.00. The van der Waals surface area contributed by atoms with Crippen LogP contribution in [-0.2, 0) is 14.2 Å². The molecule has 1 aliphatic rings. The minimum Gasteiger partial charge on any atom is -0.430 e. The Kier molecular flexibility index (Phi) is 1.89. The third-order valence-electron chi connectivity index (χ3n) is 1.00. The summed E-state index contributed by atoms with van der Waals surface area (Å²) in [5.41, 5.74) is 0. The summed E-state index contributed by atoms with van der Waals surface area (Å²) in [4.78, 5) is 10.2. The lowest BCUT2D eigenvalue weighted by Gasteiger charge is -2.01. The van der Waals surface area contributed by atoms with Crippen molar-refractivity contribution in [3.8, 4) is 0 Å². The van der Waals surface area contributed by atoms with E-state index in [1.54, 1.807) is 7.11 Å². The molecule has 0 N–H and O–H groups in total. The minimum absolute atomic E-state index is 0.206. The van der Waals surface area contributed by atoms with Gasteiger partial charge in [0, 0.05) is 7.11 Å². The van der Waals surface area contributed by atoms with Crippen molar-refractivity contribution in [1.82, 2.24) is 0 Å². The average molecular weight is 132 g/mol. The normalized spacial score (nSPS) is 25.4. The van der Waals surface area contributed by atoms with E-state index in [9.17, 15) is 4.79 Å². The van der Waals surface area contributed by atoms with E-state index >= 15 is 0 Å². The van der Waals surface area contributed by atoms with Crippen molar-refractivity contribution in [2.75, 3.05) is 20.3 Å². The second-order valence-electron chi connectivity index (χ2n) is 1.76. The molecule has 1 aliphatic heterocycles. The molecule has 4 heteroatoms. The Hall–Kier alpha value is -0.770. The number of rotatable bonds is 2. The van der Waals surface area contributed by atoms with Crippen LogP contribution in [0.25, 0.3) is 0 Å². The molecule has 4 nitrogen and oxygen atoms in total. The second-order valence-corrected chi connectivity index (χ2v) is 1.76. The summed E-state index contributed by atoms with van der Waals surface area (Å²) in [6.45, 7) is 0.721. The van der Waals surface area contributed by atoms with E-state index in [4.69, 9.17) is 4.74 Å². The van der Waals surface area contributed by atoms with E-state index in [-0.39, 0.29) is 6.10 Å². The number of ether oxygens (including phenoxy) is 3. The summed E-state index contributed by atoms with van der Waals surface area (Å²) in [7, 11) is 1.55. The Bertz CT molecular complexity index is 112. The van der Waals surface area contributed by atoms with E-state index in [0.717, 1.165) is 0 Å². The van der Waals surface area contributed by atoms with Crippen molar-refractivity contribution in [2.45, 2.75) is 6.10 Å². The van der Waals surface area contributed by atoms with Crippen LogP contribution in [-0.4, -0.2) is 32.6 Å². The number of cyclic esters (lactones) is 2. The van der Waals surface area contributed by atoms with Crippen LogP contribution < -0.4 is 0 Å². The van der Waals surface area contributed by atoms with Gasteiger partial charge >= 0.3 is 6.16 Å². The zero-order chi connectivity index (χ0) is 6.69. The van der Waals surface area contributed by atoms with Gasteiger partial charge in [-0.1, -0.05) is 0 Å². The molecule has 0 aromatic rings. The van der Waals surface area contributed by atoms with Gasteiger partial charge in [-0.3, -0.25) is 0 Å². The summed E-state index contributed by atoms with van der Waals surface area (Å²) in [5, 5.41) is 0. The first-order valence-electron chi connectivity index (χ1n) is 2.65. The van der Waals surface area contributed by atoms with Crippen LogP contribution in [0.3, 0.4) is 0 Å². The van der Waals surface area contributed by atoms with Crippen LogP contribution in [0.1, 0.15) is 0 Å². The molecule has 1 rings (SSSR count). The standard InChI is InChI=1S/C5H8O4/c1-7-2-4-3-8-5(6)9-4/h4H,2-3H2,1H3/t4-/m1/s1. The lowest BCUT2D eigenvalue weighted by atomic mass is 10.4. The topological polar surface area (TPSA) is 44.8 Å². The van der Waals surface area contributed by atoms with Gasteiger partial charge in [-0.15, -0.1) is 0 Å². The molecule has 0 bridgehead atoms. The number of carbonyl (C=O) groups excluding carboxylic acids is 1. The molecule has 9 heavy (non-hydrogen) atoms. The molecule has 52 valence electrons. The number of carbonyl (C=O) groups is 1. The predicted molar refractivity (Wildman–Crippen MR) is 28.1 cm³/mol. The minimum atomic E-state index is -0.600. The first kappa shape index (κ1) is 6.35. The Morgan fingerprint density at radius 3 is 3.11 bits per heavy atom. The van der Waals surface area contributed by atoms with Crippen molar-refractivity contribution >= 4 is 6.16 Å². The monoisotopic (exact) mass is 132 g/mol. The van der Waals surface area contributed by atoms with Crippen LogP contribution in [0.2, 0.25) is 0 Å². The molecule has 0 saturated carbocycles. The molecule has 0 aromatic carbocycles. The van der Waals surface area contributed by atoms with Gasteiger partial charge in [-0.2, -0.15) is 0 Å². The summed E-state index contributed by atoms with van der Waals surface area (Å²) in [6, 6.07) is 0. The highest BCUT2D eigenvalue weighted by molar-refractivity contribution is 5.61. The van der Waals surface area contributed by atoms with Crippen LogP contribution >= 0.6 is 0 Å². The van der Waals surface area contributed by atoms with Gasteiger partial charge in [0.25, 0.3) is 0 Å². The molecule has 1 heterocycles. The van der Waals surface area contributed by atoms with Crippen LogP contribution in [0.4, 0.5) is 4.79 Å². The van der Waals surface area contributed by atoms with Gasteiger partial charge in [0.2, 0.25) is 0 Å². The SMILES string of the molecule is COC[C@@H]1COC(=O)O1. The van der Waals surface area contributed by atoms with Crippen LogP contribution in [0.5, 0.6) is 0 Å². The maximum absolute atomic E-state index is 10.2. The second kappa shape index (κ2) is 2.68. The van der Waals surface area contributed by atoms with Crippen molar-refractivity contribution in [3.05, 3.63) is 0 Å². The van der Waals surface area contributed by atoms with Gasteiger partial charge in [-0.25, -0.2) is 4.79 Å². The quantitative estimate of drug-likeness (QED) is 0.502. The van der Waals surface area contributed by atoms with Gasteiger partial charge in [0.05, 0.1) is 6.61 Å². The van der Waals surface area contributed by atoms with Gasteiger partial charge in [0.15, 0.2) is 6.10 Å². The van der Waals surface area contributed by atoms with Crippen molar-refractivity contribution in [1.29, 1.82) is 0 Å². The van der Waals surface area contributed by atoms with E-state index in [0.29, 0.717) is 13.2 Å². The largest absolute Gasteiger partial charge is 0.508 e. The lowest BCUT2D eigenvalue weighted by molar-refractivity contribution is 0.0709. The molecule has 1 saturated heterocycles. The summed E-state index contributed by atoms with van der Waals surface area (Å²) < 4.78 is 13.8. The Morgan fingerprint density at radius 2 is 2.67 bits per heavy atom. The highest BCUT2D eigenvalue weighted by Crippen LogP contribution is 2.04. The zero-order valence-electron chi connectivity index (χ0n) is 5.12. The molecule has 1 atom stereocenters. The maximum Gasteiger partial charge on any atom is 0.508 e. The van der Waals surface area contributed by atoms with E-state index in [1.807, 2.05) is 0 Å². The number of hydrogen-bond acceptors (Lipinski definition) is 4. The van der Waals surface area contributed by atoms with E-state index in [1.165, 1.54) is 0 Å². The average Bonchev–Trinajstić information content (AvgIpc) is 2.17. The molecule has 0 amide bonds. The predicted octanol–water partition coefficient (Wildman–Crippen LogP) is 0.168. The molecule has 0 spiro atoms. The van der Waals surface area contributed by atoms with Crippen molar-refractivity contribution in [2.24, 2.45) is 0 Å². The summed E-state index contributed by atoms with van der Waals surface area (Å²) in [6.07, 6.45) is -0.806. The first-order valence-corrected chi connectivity index (χ1v) is 2.65. The smallest absolute Gasteiger partial charge is 0.430 e. The van der Waals surface area contributed by atoms with E-state index in [2.05, 4.69) is 9.47 Å². The Balaban J connectivity index is 2.22. The molecule has 0 radical (unpaired) electrons. The zero-order valence-corrected chi connectivity index (χ0v) is 5.12. The van der Waals surface area contributed by atoms with E-state index < -0.39 is 6.16 Å².